The molecule has 1 N–H and O–H groups in total. The SMILES string of the molecule is O=C(O)C1CCN(C(=O)CC(F)(F)F)c2ccccc21. The van der Waals surface area contributed by atoms with Crippen molar-refractivity contribution in [3.8, 4) is 0 Å². The van der Waals surface area contributed by atoms with Gasteiger partial charge < -0.3 is 10.0 Å². The molecule has 0 aliphatic carbocycles. The highest BCUT2D eigenvalue weighted by molar-refractivity contribution is 5.96. The highest BCUT2D eigenvalue weighted by Crippen LogP contribution is 2.36. The molecular weight excluding hydrogens is 275 g/mol. The summed E-state index contributed by atoms with van der Waals surface area (Å²) < 4.78 is 36.9. The van der Waals surface area contributed by atoms with Gasteiger partial charge in [0.1, 0.15) is 6.42 Å². The van der Waals surface area contributed by atoms with Crippen LogP contribution in [0.2, 0.25) is 0 Å². The fourth-order valence-electron chi connectivity index (χ4n) is 2.34. The van der Waals surface area contributed by atoms with E-state index in [9.17, 15) is 22.8 Å². The maximum atomic E-state index is 12.3. The van der Waals surface area contributed by atoms with Crippen molar-refractivity contribution < 1.29 is 27.9 Å². The van der Waals surface area contributed by atoms with Gasteiger partial charge in [-0.2, -0.15) is 13.2 Å². The largest absolute Gasteiger partial charge is 0.481 e. The molecule has 0 fully saturated rings. The number of benzene rings is 1. The molecule has 0 radical (unpaired) electrons. The lowest BCUT2D eigenvalue weighted by Crippen LogP contribution is -2.40. The summed E-state index contributed by atoms with van der Waals surface area (Å²) in [5.41, 5.74) is 0.627. The molecule has 0 spiro atoms. The second-order valence-corrected chi connectivity index (χ2v) is 4.58. The summed E-state index contributed by atoms with van der Waals surface area (Å²) in [6.07, 6.45) is -6.01. The average Bonchev–Trinajstić information content (AvgIpc) is 2.35. The van der Waals surface area contributed by atoms with E-state index in [1.54, 1.807) is 12.1 Å². The molecule has 0 saturated carbocycles. The predicted octanol–water partition coefficient (Wildman–Crippen LogP) is 2.54. The van der Waals surface area contributed by atoms with Crippen molar-refractivity contribution in [3.05, 3.63) is 29.8 Å². The second kappa shape index (κ2) is 5.15. The van der Waals surface area contributed by atoms with Gasteiger partial charge in [-0.25, -0.2) is 0 Å². The van der Waals surface area contributed by atoms with Crippen LogP contribution in [0.4, 0.5) is 18.9 Å². The number of carboxylic acid groups (broad SMARTS) is 1. The lowest BCUT2D eigenvalue weighted by Gasteiger charge is -2.32. The van der Waals surface area contributed by atoms with Gasteiger partial charge in [0.25, 0.3) is 0 Å². The number of anilines is 1. The van der Waals surface area contributed by atoms with Crippen molar-refractivity contribution in [2.75, 3.05) is 11.4 Å². The third-order valence-electron chi connectivity index (χ3n) is 3.20. The van der Waals surface area contributed by atoms with Gasteiger partial charge in [-0.15, -0.1) is 0 Å². The lowest BCUT2D eigenvalue weighted by atomic mass is 9.90. The summed E-state index contributed by atoms with van der Waals surface area (Å²) in [5.74, 6) is -2.89. The van der Waals surface area contributed by atoms with Gasteiger partial charge in [0.05, 0.1) is 5.92 Å². The zero-order valence-corrected chi connectivity index (χ0v) is 10.4. The van der Waals surface area contributed by atoms with Crippen LogP contribution in [0.3, 0.4) is 0 Å². The van der Waals surface area contributed by atoms with E-state index in [0.717, 1.165) is 4.90 Å². The first-order valence-electron chi connectivity index (χ1n) is 5.98. The number of carboxylic acids is 1. The Labute approximate surface area is 112 Å². The van der Waals surface area contributed by atoms with Gasteiger partial charge in [-0.3, -0.25) is 9.59 Å². The normalized spacial score (nSPS) is 18.6. The molecule has 0 bridgehead atoms. The van der Waals surface area contributed by atoms with Crippen molar-refractivity contribution in [3.63, 3.8) is 0 Å². The fourth-order valence-corrected chi connectivity index (χ4v) is 2.34. The molecule has 20 heavy (non-hydrogen) atoms. The number of carbonyl (C=O) groups is 2. The molecule has 1 aromatic rings. The monoisotopic (exact) mass is 287 g/mol. The number of fused-ring (bicyclic) bond motifs is 1. The van der Waals surface area contributed by atoms with Crippen LogP contribution in [0, 0.1) is 0 Å². The van der Waals surface area contributed by atoms with Gasteiger partial charge in [0.15, 0.2) is 0 Å². The molecule has 1 amide bonds. The molecule has 1 heterocycles. The molecule has 2 rings (SSSR count). The number of aliphatic carboxylic acids is 1. The number of hydrogen-bond donors (Lipinski definition) is 1. The van der Waals surface area contributed by atoms with Crippen molar-refractivity contribution in [2.24, 2.45) is 0 Å². The van der Waals surface area contributed by atoms with E-state index >= 15 is 0 Å². The van der Waals surface area contributed by atoms with Crippen LogP contribution in [0.1, 0.15) is 24.3 Å². The molecule has 0 saturated heterocycles. The van der Waals surface area contributed by atoms with Crippen LogP contribution in [0.5, 0.6) is 0 Å². The third-order valence-corrected chi connectivity index (χ3v) is 3.20. The topological polar surface area (TPSA) is 57.6 Å². The maximum Gasteiger partial charge on any atom is 0.397 e. The fraction of sp³-hybridized carbons (Fsp3) is 0.385. The second-order valence-electron chi connectivity index (χ2n) is 4.58. The smallest absolute Gasteiger partial charge is 0.397 e. The number of halogens is 3. The number of rotatable bonds is 2. The highest BCUT2D eigenvalue weighted by atomic mass is 19.4. The van der Waals surface area contributed by atoms with Gasteiger partial charge in [0, 0.05) is 12.2 Å². The van der Waals surface area contributed by atoms with E-state index in [4.69, 9.17) is 5.11 Å². The molecule has 108 valence electrons. The van der Waals surface area contributed by atoms with E-state index in [1.165, 1.54) is 12.1 Å². The molecule has 7 heteroatoms. The van der Waals surface area contributed by atoms with Gasteiger partial charge in [-0.05, 0) is 18.1 Å². The zero-order valence-electron chi connectivity index (χ0n) is 10.4. The summed E-state index contributed by atoms with van der Waals surface area (Å²) in [6.45, 7) is -0.0249. The van der Waals surface area contributed by atoms with Crippen LogP contribution in [-0.2, 0) is 9.59 Å². The first kappa shape index (κ1) is 14.4. The van der Waals surface area contributed by atoms with Gasteiger partial charge in [-0.1, -0.05) is 18.2 Å². The minimum absolute atomic E-state index is 0.0249. The highest BCUT2D eigenvalue weighted by Gasteiger charge is 2.37. The van der Waals surface area contributed by atoms with Crippen LogP contribution in [0.15, 0.2) is 24.3 Å². The standard InChI is InChI=1S/C13H12F3NO3/c14-13(15,16)7-11(18)17-6-5-9(12(19)20)8-3-1-2-4-10(8)17/h1-4,9H,5-7H2,(H,19,20). The quantitative estimate of drug-likeness (QED) is 0.909. The molecule has 1 aliphatic heterocycles. The third kappa shape index (κ3) is 2.92. The molecule has 0 aromatic heterocycles. The van der Waals surface area contributed by atoms with E-state index in [1.807, 2.05) is 0 Å². The Hall–Kier alpha value is -2.05. The van der Waals surface area contributed by atoms with Crippen molar-refractivity contribution in [2.45, 2.75) is 24.9 Å². The molecule has 1 atom stereocenters. The molecule has 1 unspecified atom stereocenters. The maximum absolute atomic E-state index is 12.3. The summed E-state index contributed by atoms with van der Waals surface area (Å²) in [5, 5.41) is 9.11. The molecule has 1 aliphatic rings. The lowest BCUT2D eigenvalue weighted by molar-refractivity contribution is -0.152. The van der Waals surface area contributed by atoms with Crippen molar-refractivity contribution >= 4 is 17.6 Å². The van der Waals surface area contributed by atoms with Crippen molar-refractivity contribution in [1.82, 2.24) is 0 Å². The molecule has 1 aromatic carbocycles. The van der Waals surface area contributed by atoms with E-state index in [0.29, 0.717) is 5.56 Å². The first-order valence-corrected chi connectivity index (χ1v) is 5.98. The van der Waals surface area contributed by atoms with Gasteiger partial charge in [0.2, 0.25) is 5.91 Å². The predicted molar refractivity (Wildman–Crippen MR) is 64.5 cm³/mol. The Bertz CT molecular complexity index is 542. The van der Waals surface area contributed by atoms with E-state index < -0.39 is 30.4 Å². The van der Waals surface area contributed by atoms with Crippen LogP contribution in [0.25, 0.3) is 0 Å². The first-order chi connectivity index (χ1) is 9.29. The zero-order chi connectivity index (χ0) is 14.9. The summed E-state index contributed by atoms with van der Waals surface area (Å²) in [4.78, 5) is 23.9. The van der Waals surface area contributed by atoms with E-state index in [-0.39, 0.29) is 18.7 Å². The Morgan fingerprint density at radius 1 is 1.30 bits per heavy atom. The number of hydrogen-bond acceptors (Lipinski definition) is 2. The number of para-hydroxylation sites is 1. The van der Waals surface area contributed by atoms with Crippen molar-refractivity contribution in [1.29, 1.82) is 0 Å². The number of alkyl halides is 3. The summed E-state index contributed by atoms with van der Waals surface area (Å²) in [6, 6.07) is 6.17. The van der Waals surface area contributed by atoms with Gasteiger partial charge >= 0.3 is 12.1 Å². The number of nitrogens with zero attached hydrogens (tertiary/aromatic N) is 1. The minimum Gasteiger partial charge on any atom is -0.481 e. The Morgan fingerprint density at radius 3 is 2.55 bits per heavy atom. The minimum atomic E-state index is -4.57. The Morgan fingerprint density at radius 2 is 1.95 bits per heavy atom. The Balaban J connectivity index is 2.32. The van der Waals surface area contributed by atoms with Crippen LogP contribution in [-0.4, -0.2) is 29.7 Å². The Kier molecular flexibility index (Phi) is 3.69. The average molecular weight is 287 g/mol. The van der Waals surface area contributed by atoms with Crippen LogP contribution >= 0.6 is 0 Å². The van der Waals surface area contributed by atoms with Crippen LogP contribution < -0.4 is 4.90 Å². The number of amides is 1. The molecular formula is C13H12F3NO3. The number of carbonyl (C=O) groups excluding carboxylic acids is 1. The molecule has 4 nitrogen and oxygen atoms in total. The summed E-state index contributed by atoms with van der Waals surface area (Å²) >= 11 is 0. The van der Waals surface area contributed by atoms with E-state index in [2.05, 4.69) is 0 Å². The summed E-state index contributed by atoms with van der Waals surface area (Å²) in [7, 11) is 0.